The normalized spacial score (nSPS) is 24.0. The van der Waals surface area contributed by atoms with Crippen molar-refractivity contribution in [2.24, 2.45) is 11.5 Å². The van der Waals surface area contributed by atoms with Gasteiger partial charge in [-0.15, -0.1) is 0 Å². The lowest BCUT2D eigenvalue weighted by Gasteiger charge is -2.34. The summed E-state index contributed by atoms with van der Waals surface area (Å²) in [5.74, 6) is 0. The number of nitrogens with two attached hydrogens (primary N) is 2. The Morgan fingerprint density at radius 3 is 2.31 bits per heavy atom. The van der Waals surface area contributed by atoms with Crippen LogP contribution in [0.2, 0.25) is 0 Å². The Morgan fingerprint density at radius 2 is 1.75 bits per heavy atom. The van der Waals surface area contributed by atoms with Gasteiger partial charge in [-0.2, -0.15) is 0 Å². The quantitative estimate of drug-likeness (QED) is 0.730. The van der Waals surface area contributed by atoms with Crippen molar-refractivity contribution in [3.05, 3.63) is 0 Å². The summed E-state index contributed by atoms with van der Waals surface area (Å²) in [6.45, 7) is 4.39. The fourth-order valence-corrected chi connectivity index (χ4v) is 3.05. The maximum Gasteiger partial charge on any atom is 0.0154 e. The molecule has 1 aliphatic carbocycles. The van der Waals surface area contributed by atoms with E-state index in [2.05, 4.69) is 13.8 Å². The third kappa shape index (κ3) is 4.84. The van der Waals surface area contributed by atoms with Crippen LogP contribution in [0.15, 0.2) is 0 Å². The van der Waals surface area contributed by atoms with Crippen molar-refractivity contribution in [3.8, 4) is 0 Å². The van der Waals surface area contributed by atoms with Gasteiger partial charge in [0.1, 0.15) is 0 Å². The minimum atomic E-state index is 0.0276. The smallest absolute Gasteiger partial charge is 0.0154 e. The van der Waals surface area contributed by atoms with E-state index in [1.165, 1.54) is 51.4 Å². The van der Waals surface area contributed by atoms with Gasteiger partial charge in [-0.05, 0) is 45.4 Å². The van der Waals surface area contributed by atoms with Crippen molar-refractivity contribution < 1.29 is 0 Å². The Hall–Kier alpha value is -0.0800. The van der Waals surface area contributed by atoms with Crippen molar-refractivity contribution in [1.82, 2.24) is 0 Å². The van der Waals surface area contributed by atoms with E-state index in [9.17, 15) is 0 Å². The molecule has 0 saturated heterocycles. The molecule has 0 bridgehead atoms. The van der Waals surface area contributed by atoms with Gasteiger partial charge in [-0.3, -0.25) is 0 Å². The molecule has 1 unspecified atom stereocenters. The Kier molecular flexibility index (Phi) is 5.26. The molecule has 1 saturated carbocycles. The molecule has 1 aliphatic rings. The molecule has 0 amide bonds. The summed E-state index contributed by atoms with van der Waals surface area (Å²) in [6, 6.07) is 0. The summed E-state index contributed by atoms with van der Waals surface area (Å²) in [4.78, 5) is 0. The van der Waals surface area contributed by atoms with E-state index in [1.807, 2.05) is 0 Å². The monoisotopic (exact) mass is 226 g/mol. The van der Waals surface area contributed by atoms with Crippen LogP contribution in [-0.4, -0.2) is 11.1 Å². The fourth-order valence-electron chi connectivity index (χ4n) is 3.05. The van der Waals surface area contributed by atoms with Crippen molar-refractivity contribution in [3.63, 3.8) is 0 Å². The molecule has 0 radical (unpaired) electrons. The van der Waals surface area contributed by atoms with Gasteiger partial charge in [0.25, 0.3) is 0 Å². The molecule has 0 aliphatic heterocycles. The molecule has 96 valence electrons. The Morgan fingerprint density at radius 1 is 1.12 bits per heavy atom. The van der Waals surface area contributed by atoms with Gasteiger partial charge in [0.05, 0.1) is 0 Å². The minimum absolute atomic E-state index is 0.0276. The first kappa shape index (κ1) is 14.0. The number of rotatable bonds is 6. The molecule has 1 fully saturated rings. The molecule has 2 heteroatoms. The van der Waals surface area contributed by atoms with E-state index in [0.717, 1.165) is 12.8 Å². The summed E-state index contributed by atoms with van der Waals surface area (Å²) >= 11 is 0. The van der Waals surface area contributed by atoms with Crippen molar-refractivity contribution >= 4 is 0 Å². The summed E-state index contributed by atoms with van der Waals surface area (Å²) < 4.78 is 0. The summed E-state index contributed by atoms with van der Waals surface area (Å²) in [6.07, 6.45) is 12.3. The molecule has 1 rings (SSSR count). The molecule has 0 aromatic rings. The van der Waals surface area contributed by atoms with Gasteiger partial charge in [-0.1, -0.05) is 32.6 Å². The van der Waals surface area contributed by atoms with E-state index < -0.39 is 0 Å². The Bertz CT molecular complexity index is 193. The van der Waals surface area contributed by atoms with Gasteiger partial charge < -0.3 is 11.5 Å². The fraction of sp³-hybridized carbons (Fsp3) is 1.00. The summed E-state index contributed by atoms with van der Waals surface area (Å²) in [5.41, 5.74) is 12.8. The first-order valence-corrected chi connectivity index (χ1v) is 7.05. The van der Waals surface area contributed by atoms with Crippen molar-refractivity contribution in [2.75, 3.05) is 0 Å². The summed E-state index contributed by atoms with van der Waals surface area (Å²) in [5, 5.41) is 0. The largest absolute Gasteiger partial charge is 0.325 e. The van der Waals surface area contributed by atoms with Crippen molar-refractivity contribution in [1.29, 1.82) is 0 Å². The highest BCUT2D eigenvalue weighted by molar-refractivity contribution is 4.88. The predicted molar refractivity (Wildman–Crippen MR) is 71.4 cm³/mol. The SMILES string of the molecule is CCCC(C)(N)CCCC1(N)CCCCC1. The highest BCUT2D eigenvalue weighted by atomic mass is 14.7. The second-order valence-electron chi connectivity index (χ2n) is 6.18. The second-order valence-corrected chi connectivity index (χ2v) is 6.18. The molecule has 0 aromatic carbocycles. The van der Waals surface area contributed by atoms with Gasteiger partial charge in [-0.25, -0.2) is 0 Å². The van der Waals surface area contributed by atoms with E-state index >= 15 is 0 Å². The zero-order valence-corrected chi connectivity index (χ0v) is 11.2. The van der Waals surface area contributed by atoms with Crippen LogP contribution in [0.3, 0.4) is 0 Å². The number of hydrogen-bond donors (Lipinski definition) is 2. The average molecular weight is 226 g/mol. The second kappa shape index (κ2) is 6.02. The molecule has 2 nitrogen and oxygen atoms in total. The maximum atomic E-state index is 6.42. The highest BCUT2D eigenvalue weighted by Crippen LogP contribution is 2.31. The average Bonchev–Trinajstić information content (AvgIpc) is 2.17. The molecular weight excluding hydrogens is 196 g/mol. The van der Waals surface area contributed by atoms with Crippen LogP contribution >= 0.6 is 0 Å². The zero-order valence-electron chi connectivity index (χ0n) is 11.2. The zero-order chi connectivity index (χ0) is 12.1. The molecule has 0 spiro atoms. The van der Waals surface area contributed by atoms with Crippen LogP contribution in [-0.2, 0) is 0 Å². The lowest BCUT2D eigenvalue weighted by atomic mass is 9.78. The first-order chi connectivity index (χ1) is 7.47. The van der Waals surface area contributed by atoms with E-state index in [0.29, 0.717) is 0 Å². The van der Waals surface area contributed by atoms with Crippen LogP contribution in [0.25, 0.3) is 0 Å². The van der Waals surface area contributed by atoms with Crippen LogP contribution in [0.4, 0.5) is 0 Å². The van der Waals surface area contributed by atoms with Gasteiger partial charge in [0.15, 0.2) is 0 Å². The molecule has 4 N–H and O–H groups in total. The van der Waals surface area contributed by atoms with Gasteiger partial charge in [0.2, 0.25) is 0 Å². The third-order valence-corrected chi connectivity index (χ3v) is 4.09. The summed E-state index contributed by atoms with van der Waals surface area (Å²) in [7, 11) is 0. The molecule has 1 atom stereocenters. The van der Waals surface area contributed by atoms with Crippen LogP contribution in [0, 0.1) is 0 Å². The molecule has 16 heavy (non-hydrogen) atoms. The van der Waals surface area contributed by atoms with Crippen molar-refractivity contribution in [2.45, 2.75) is 89.1 Å². The predicted octanol–water partition coefficient (Wildman–Crippen LogP) is 3.34. The van der Waals surface area contributed by atoms with Crippen LogP contribution < -0.4 is 11.5 Å². The Balaban J connectivity index is 2.23. The lowest BCUT2D eigenvalue weighted by Crippen LogP contribution is -2.42. The van der Waals surface area contributed by atoms with E-state index in [1.54, 1.807) is 0 Å². The highest BCUT2D eigenvalue weighted by Gasteiger charge is 2.27. The molecule has 0 aromatic heterocycles. The molecule has 0 heterocycles. The van der Waals surface area contributed by atoms with Crippen LogP contribution in [0.5, 0.6) is 0 Å². The van der Waals surface area contributed by atoms with E-state index in [4.69, 9.17) is 11.5 Å². The van der Waals surface area contributed by atoms with Crippen LogP contribution in [0.1, 0.15) is 78.1 Å². The van der Waals surface area contributed by atoms with Gasteiger partial charge >= 0.3 is 0 Å². The topological polar surface area (TPSA) is 52.0 Å². The maximum absolute atomic E-state index is 6.42. The molecular formula is C14H30N2. The standard InChI is InChI=1S/C14H30N2/c1-3-8-13(2,15)9-7-12-14(16)10-5-4-6-11-14/h3-12,15-16H2,1-2H3. The lowest BCUT2D eigenvalue weighted by molar-refractivity contribution is 0.258. The third-order valence-electron chi connectivity index (χ3n) is 4.09. The first-order valence-electron chi connectivity index (χ1n) is 7.05. The minimum Gasteiger partial charge on any atom is -0.325 e. The van der Waals surface area contributed by atoms with Gasteiger partial charge in [0, 0.05) is 11.1 Å². The van der Waals surface area contributed by atoms with E-state index in [-0.39, 0.29) is 11.1 Å². The Labute approximate surface area is 101 Å². The number of hydrogen-bond acceptors (Lipinski definition) is 2.